The van der Waals surface area contributed by atoms with Gasteiger partial charge in [-0.1, -0.05) is 0 Å². The van der Waals surface area contributed by atoms with Crippen LogP contribution in [0, 0.1) is 0 Å². The minimum Gasteiger partial charge on any atom is -0.165 e. The number of thiol groups is 1. The lowest BCUT2D eigenvalue weighted by molar-refractivity contribution is 1.13. The van der Waals surface area contributed by atoms with Crippen molar-refractivity contribution in [3.63, 3.8) is 0 Å². The van der Waals surface area contributed by atoms with E-state index < -0.39 is 0 Å². The second kappa shape index (κ2) is 5.95. The molecule has 0 spiro atoms. The summed E-state index contributed by atoms with van der Waals surface area (Å²) in [6.07, 6.45) is 0. The largest absolute Gasteiger partial charge is 0.165 e. The molecule has 0 aromatic heterocycles. The zero-order chi connectivity index (χ0) is 8.10. The van der Waals surface area contributed by atoms with E-state index in [0.717, 1.165) is 5.25 Å². The van der Waals surface area contributed by atoms with Crippen molar-refractivity contribution >= 4 is 47.9 Å². The second-order valence-corrected chi connectivity index (χ2v) is 7.56. The highest BCUT2D eigenvalue weighted by Crippen LogP contribution is 2.28. The molecule has 1 heterocycles. The Morgan fingerprint density at radius 3 is 3.00 bits per heavy atom. The molecule has 11 heavy (non-hydrogen) atoms. The van der Waals surface area contributed by atoms with Gasteiger partial charge in [0.15, 0.2) is 0 Å². The van der Waals surface area contributed by atoms with Crippen LogP contribution < -0.4 is 0 Å². The molecular formula is C7H14S4. The van der Waals surface area contributed by atoms with Gasteiger partial charge in [-0.3, -0.25) is 0 Å². The Morgan fingerprint density at radius 1 is 1.64 bits per heavy atom. The molecule has 1 rings (SSSR count). The molecular weight excluding hydrogens is 212 g/mol. The molecule has 1 aliphatic rings. The third-order valence-corrected chi connectivity index (χ3v) is 5.99. The molecule has 2 atom stereocenters. The Kier molecular flexibility index (Phi) is 5.67. The van der Waals surface area contributed by atoms with Crippen LogP contribution in [0.5, 0.6) is 0 Å². The Morgan fingerprint density at radius 2 is 2.45 bits per heavy atom. The molecule has 0 amide bonds. The van der Waals surface area contributed by atoms with Gasteiger partial charge in [-0.25, -0.2) is 0 Å². The first kappa shape index (κ1) is 10.5. The number of thioether (sulfide) groups is 3. The quantitative estimate of drug-likeness (QED) is 0.581. The highest BCUT2D eigenvalue weighted by Gasteiger charge is 2.14. The molecule has 1 saturated heterocycles. The van der Waals surface area contributed by atoms with Crippen molar-refractivity contribution in [1.82, 2.24) is 0 Å². The third-order valence-electron chi connectivity index (χ3n) is 1.41. The van der Waals surface area contributed by atoms with Crippen LogP contribution in [-0.2, 0) is 0 Å². The zero-order valence-corrected chi connectivity index (χ0v) is 10.00. The number of rotatable bonds is 3. The maximum absolute atomic E-state index is 4.34. The first-order chi connectivity index (χ1) is 5.29. The summed E-state index contributed by atoms with van der Waals surface area (Å²) in [6.45, 7) is 2.15. The molecule has 0 radical (unpaired) electrons. The average Bonchev–Trinajstić information content (AvgIpc) is 2.03. The Bertz CT molecular complexity index is 98.6. The summed E-state index contributed by atoms with van der Waals surface area (Å²) < 4.78 is 0.502. The van der Waals surface area contributed by atoms with Crippen molar-refractivity contribution < 1.29 is 0 Å². The zero-order valence-electron chi connectivity index (χ0n) is 6.66. The van der Waals surface area contributed by atoms with Crippen LogP contribution in [0.2, 0.25) is 0 Å². The predicted octanol–water partition coefficient (Wildman–Crippen LogP) is 2.84. The Labute approximate surface area is 87.4 Å². The molecule has 0 aliphatic carbocycles. The number of hydrogen-bond acceptors (Lipinski definition) is 4. The number of hydrogen-bond donors (Lipinski definition) is 1. The summed E-state index contributed by atoms with van der Waals surface area (Å²) >= 11 is 10.5. The monoisotopic (exact) mass is 226 g/mol. The van der Waals surface area contributed by atoms with Crippen molar-refractivity contribution in [2.24, 2.45) is 0 Å². The highest BCUT2D eigenvalue weighted by atomic mass is 32.2. The first-order valence-corrected chi connectivity index (χ1v) is 7.55. The van der Waals surface area contributed by atoms with E-state index in [-0.39, 0.29) is 0 Å². The van der Waals surface area contributed by atoms with Gasteiger partial charge in [0, 0.05) is 32.8 Å². The van der Waals surface area contributed by atoms with Crippen molar-refractivity contribution in [2.75, 3.05) is 23.0 Å². The second-order valence-electron chi connectivity index (χ2n) is 2.50. The van der Waals surface area contributed by atoms with E-state index in [9.17, 15) is 0 Å². The van der Waals surface area contributed by atoms with Crippen molar-refractivity contribution in [1.29, 1.82) is 0 Å². The summed E-state index contributed by atoms with van der Waals surface area (Å²) in [5, 5.41) is 0.883. The summed E-state index contributed by atoms with van der Waals surface area (Å²) in [4.78, 5) is 0. The van der Waals surface area contributed by atoms with E-state index in [1.807, 2.05) is 11.8 Å². The normalized spacial score (nSPS) is 28.4. The molecule has 2 unspecified atom stereocenters. The smallest absolute Gasteiger partial charge is 0.0444 e. The van der Waals surface area contributed by atoms with Gasteiger partial charge < -0.3 is 0 Å². The molecule has 0 nitrogen and oxygen atoms in total. The van der Waals surface area contributed by atoms with Crippen molar-refractivity contribution in [3.8, 4) is 0 Å². The van der Waals surface area contributed by atoms with Crippen molar-refractivity contribution in [2.45, 2.75) is 16.8 Å². The third kappa shape index (κ3) is 4.86. The van der Waals surface area contributed by atoms with Crippen molar-refractivity contribution in [3.05, 3.63) is 0 Å². The molecule has 0 N–H and O–H groups in total. The van der Waals surface area contributed by atoms with Gasteiger partial charge in [-0.15, -0.1) is 11.8 Å². The average molecular weight is 226 g/mol. The molecule has 1 aliphatic heterocycles. The van der Waals surface area contributed by atoms with E-state index >= 15 is 0 Å². The molecule has 0 bridgehead atoms. The highest BCUT2D eigenvalue weighted by molar-refractivity contribution is 8.11. The van der Waals surface area contributed by atoms with Crippen LogP contribution in [-0.4, -0.2) is 32.8 Å². The molecule has 4 heteroatoms. The van der Waals surface area contributed by atoms with Crippen LogP contribution >= 0.6 is 47.9 Å². The summed E-state index contributed by atoms with van der Waals surface area (Å²) in [6, 6.07) is 0. The lowest BCUT2D eigenvalue weighted by Gasteiger charge is -2.20. The molecule has 0 aromatic rings. The van der Waals surface area contributed by atoms with E-state index in [4.69, 9.17) is 0 Å². The topological polar surface area (TPSA) is 0 Å². The summed E-state index contributed by atoms with van der Waals surface area (Å²) in [7, 11) is 0. The fourth-order valence-corrected chi connectivity index (χ4v) is 4.93. The Balaban J connectivity index is 2.05. The molecule has 0 aromatic carbocycles. The van der Waals surface area contributed by atoms with Gasteiger partial charge in [0.1, 0.15) is 0 Å². The van der Waals surface area contributed by atoms with Gasteiger partial charge in [-0.2, -0.15) is 36.2 Å². The van der Waals surface area contributed by atoms with Gasteiger partial charge in [0.05, 0.1) is 0 Å². The Hall–Kier alpha value is 1.40. The van der Waals surface area contributed by atoms with Crippen LogP contribution in [0.4, 0.5) is 0 Å². The summed E-state index contributed by atoms with van der Waals surface area (Å²) in [5.74, 6) is 5.32. The fraction of sp³-hybridized carbons (Fsp3) is 1.00. The van der Waals surface area contributed by atoms with E-state index in [1.54, 1.807) is 0 Å². The fourth-order valence-electron chi connectivity index (χ4n) is 0.879. The van der Waals surface area contributed by atoms with Gasteiger partial charge in [-0.05, 0) is 6.92 Å². The standard InChI is InChI=1S/C7H14S4/c1-6(8)11-5-7-4-9-2-3-10-7/h6-8H,2-5H2,1H3. The van der Waals surface area contributed by atoms with Gasteiger partial charge in [0.2, 0.25) is 0 Å². The van der Waals surface area contributed by atoms with Crippen LogP contribution in [0.1, 0.15) is 6.92 Å². The van der Waals surface area contributed by atoms with Crippen LogP contribution in [0.25, 0.3) is 0 Å². The first-order valence-electron chi connectivity index (χ1n) is 3.78. The maximum Gasteiger partial charge on any atom is 0.0444 e. The molecule has 1 fully saturated rings. The predicted molar refractivity (Wildman–Crippen MR) is 64.5 cm³/mol. The minimum atomic E-state index is 0.502. The lowest BCUT2D eigenvalue weighted by atomic mass is 10.5. The van der Waals surface area contributed by atoms with E-state index in [1.165, 1.54) is 23.0 Å². The van der Waals surface area contributed by atoms with Gasteiger partial charge in [0.25, 0.3) is 0 Å². The summed E-state index contributed by atoms with van der Waals surface area (Å²) in [5.41, 5.74) is 0. The molecule has 66 valence electrons. The molecule has 0 saturated carbocycles. The van der Waals surface area contributed by atoms with E-state index in [2.05, 4.69) is 43.1 Å². The lowest BCUT2D eigenvalue weighted by Crippen LogP contribution is -2.16. The SMILES string of the molecule is CC(S)SCC1CSCCS1. The minimum absolute atomic E-state index is 0.502. The van der Waals surface area contributed by atoms with Gasteiger partial charge >= 0.3 is 0 Å². The van der Waals surface area contributed by atoms with Crippen LogP contribution in [0.3, 0.4) is 0 Å². The van der Waals surface area contributed by atoms with Crippen LogP contribution in [0.15, 0.2) is 0 Å². The maximum atomic E-state index is 4.34. The van der Waals surface area contributed by atoms with E-state index in [0.29, 0.717) is 4.58 Å².